The number of aryl methyl sites for hydroxylation is 2. The molecule has 0 aliphatic carbocycles. The summed E-state index contributed by atoms with van der Waals surface area (Å²) in [5.41, 5.74) is 9.70. The third-order valence-corrected chi connectivity index (χ3v) is 3.72. The minimum Gasteiger partial charge on any atom is -0.493 e. The van der Waals surface area contributed by atoms with Crippen LogP contribution in [0.5, 0.6) is 5.75 Å². The third-order valence-electron chi connectivity index (χ3n) is 3.72. The summed E-state index contributed by atoms with van der Waals surface area (Å²) in [7, 11) is 0. The molecule has 2 heterocycles. The molecule has 0 fully saturated rings. The van der Waals surface area contributed by atoms with Crippen molar-refractivity contribution in [3.8, 4) is 5.75 Å². The second-order valence-electron chi connectivity index (χ2n) is 5.02. The van der Waals surface area contributed by atoms with Crippen LogP contribution < -0.4 is 10.5 Å². The van der Waals surface area contributed by atoms with Crippen molar-refractivity contribution in [1.29, 1.82) is 0 Å². The summed E-state index contributed by atoms with van der Waals surface area (Å²) >= 11 is 0. The normalized spacial score (nSPS) is 13.3. The van der Waals surface area contributed by atoms with Crippen molar-refractivity contribution in [3.05, 3.63) is 53.3 Å². The van der Waals surface area contributed by atoms with Gasteiger partial charge in [0.1, 0.15) is 5.75 Å². The Morgan fingerprint density at radius 3 is 3.05 bits per heavy atom. The first-order valence-corrected chi connectivity index (χ1v) is 6.95. The van der Waals surface area contributed by atoms with E-state index in [-0.39, 0.29) is 0 Å². The SMILES string of the molecule is NCCc1cccn1CCc1ccc2c(c1)CCO2. The van der Waals surface area contributed by atoms with E-state index in [1.165, 1.54) is 16.8 Å². The van der Waals surface area contributed by atoms with Gasteiger partial charge in [-0.1, -0.05) is 12.1 Å². The lowest BCUT2D eigenvalue weighted by Crippen LogP contribution is -2.09. The molecule has 0 atom stereocenters. The summed E-state index contributed by atoms with van der Waals surface area (Å²) in [4.78, 5) is 0. The summed E-state index contributed by atoms with van der Waals surface area (Å²) in [6.07, 6.45) is 5.19. The van der Waals surface area contributed by atoms with Crippen LogP contribution in [0.1, 0.15) is 16.8 Å². The highest BCUT2D eigenvalue weighted by Crippen LogP contribution is 2.26. The van der Waals surface area contributed by atoms with Crippen molar-refractivity contribution in [2.45, 2.75) is 25.8 Å². The van der Waals surface area contributed by atoms with Gasteiger partial charge in [-0.05, 0) is 48.7 Å². The minimum atomic E-state index is 0.709. The van der Waals surface area contributed by atoms with E-state index in [2.05, 4.69) is 41.1 Å². The molecule has 1 aliphatic heterocycles. The zero-order chi connectivity index (χ0) is 13.1. The summed E-state index contributed by atoms with van der Waals surface area (Å²) in [5, 5.41) is 0. The van der Waals surface area contributed by atoms with Gasteiger partial charge >= 0.3 is 0 Å². The molecule has 0 amide bonds. The molecule has 0 spiro atoms. The average molecular weight is 256 g/mol. The van der Waals surface area contributed by atoms with Gasteiger partial charge in [-0.25, -0.2) is 0 Å². The standard InChI is InChI=1S/C16H20N2O/c17-8-5-15-2-1-9-18(15)10-6-13-3-4-16-14(12-13)7-11-19-16/h1-4,9,12H,5-8,10-11,17H2. The first kappa shape index (κ1) is 12.3. The van der Waals surface area contributed by atoms with Crippen LogP contribution in [0.3, 0.4) is 0 Å². The molecule has 3 nitrogen and oxygen atoms in total. The van der Waals surface area contributed by atoms with Crippen LogP contribution in [-0.4, -0.2) is 17.7 Å². The van der Waals surface area contributed by atoms with Gasteiger partial charge in [0.15, 0.2) is 0 Å². The maximum absolute atomic E-state index is 5.63. The minimum absolute atomic E-state index is 0.709. The number of rotatable bonds is 5. The van der Waals surface area contributed by atoms with E-state index in [1.807, 2.05) is 0 Å². The van der Waals surface area contributed by atoms with Crippen molar-refractivity contribution >= 4 is 0 Å². The van der Waals surface area contributed by atoms with Crippen LogP contribution in [0.2, 0.25) is 0 Å². The summed E-state index contributed by atoms with van der Waals surface area (Å²) in [5.74, 6) is 1.06. The topological polar surface area (TPSA) is 40.2 Å². The fourth-order valence-electron chi connectivity index (χ4n) is 2.69. The number of fused-ring (bicyclic) bond motifs is 1. The molecule has 1 aromatic carbocycles. The zero-order valence-electron chi connectivity index (χ0n) is 11.1. The quantitative estimate of drug-likeness (QED) is 0.890. The number of hydrogen-bond donors (Lipinski definition) is 1. The molecule has 3 heteroatoms. The lowest BCUT2D eigenvalue weighted by Gasteiger charge is -2.09. The highest BCUT2D eigenvalue weighted by atomic mass is 16.5. The van der Waals surface area contributed by atoms with E-state index in [1.54, 1.807) is 0 Å². The zero-order valence-corrected chi connectivity index (χ0v) is 11.1. The van der Waals surface area contributed by atoms with Crippen LogP contribution in [-0.2, 0) is 25.8 Å². The van der Waals surface area contributed by atoms with Crippen molar-refractivity contribution in [2.24, 2.45) is 5.73 Å². The smallest absolute Gasteiger partial charge is 0.122 e. The highest BCUT2D eigenvalue weighted by molar-refractivity contribution is 5.39. The Labute approximate surface area is 114 Å². The molecule has 0 bridgehead atoms. The van der Waals surface area contributed by atoms with Crippen molar-refractivity contribution in [1.82, 2.24) is 4.57 Å². The molecule has 0 unspecified atom stereocenters. The molecule has 0 radical (unpaired) electrons. The van der Waals surface area contributed by atoms with Gasteiger partial charge in [0.2, 0.25) is 0 Å². The van der Waals surface area contributed by atoms with Gasteiger partial charge in [-0.2, -0.15) is 0 Å². The number of benzene rings is 1. The Morgan fingerprint density at radius 2 is 2.16 bits per heavy atom. The molecule has 3 rings (SSSR count). The first-order valence-electron chi connectivity index (χ1n) is 6.95. The van der Waals surface area contributed by atoms with Crippen LogP contribution in [0.25, 0.3) is 0 Å². The Balaban J connectivity index is 1.67. The predicted molar refractivity (Wildman–Crippen MR) is 76.5 cm³/mol. The lowest BCUT2D eigenvalue weighted by molar-refractivity contribution is 0.357. The number of aromatic nitrogens is 1. The lowest BCUT2D eigenvalue weighted by atomic mass is 10.1. The van der Waals surface area contributed by atoms with Gasteiger partial charge in [-0.3, -0.25) is 0 Å². The summed E-state index contributed by atoms with van der Waals surface area (Å²) < 4.78 is 7.84. The Kier molecular flexibility index (Phi) is 3.56. The second kappa shape index (κ2) is 5.49. The number of nitrogens with zero attached hydrogens (tertiary/aromatic N) is 1. The fourth-order valence-corrected chi connectivity index (χ4v) is 2.69. The molecule has 2 N–H and O–H groups in total. The number of hydrogen-bond acceptors (Lipinski definition) is 2. The van der Waals surface area contributed by atoms with Gasteiger partial charge in [0, 0.05) is 24.9 Å². The Bertz CT molecular complexity index is 560. The van der Waals surface area contributed by atoms with Gasteiger partial charge in [0.05, 0.1) is 6.61 Å². The van der Waals surface area contributed by atoms with E-state index >= 15 is 0 Å². The second-order valence-corrected chi connectivity index (χ2v) is 5.02. The Morgan fingerprint density at radius 1 is 1.21 bits per heavy atom. The van der Waals surface area contributed by atoms with Crippen LogP contribution in [0.15, 0.2) is 36.5 Å². The maximum atomic E-state index is 5.63. The summed E-state index contributed by atoms with van der Waals surface area (Å²) in [6.45, 7) is 2.55. The van der Waals surface area contributed by atoms with Crippen LogP contribution in [0, 0.1) is 0 Å². The molecule has 0 saturated carbocycles. The molecule has 0 saturated heterocycles. The van der Waals surface area contributed by atoms with Gasteiger partial charge in [0.25, 0.3) is 0 Å². The van der Waals surface area contributed by atoms with Crippen LogP contribution >= 0.6 is 0 Å². The Hall–Kier alpha value is -1.74. The molecule has 1 aliphatic rings. The largest absolute Gasteiger partial charge is 0.493 e. The number of nitrogens with two attached hydrogens (primary N) is 1. The average Bonchev–Trinajstić information content (AvgIpc) is 3.05. The van der Waals surface area contributed by atoms with Gasteiger partial charge in [-0.15, -0.1) is 0 Å². The first-order chi connectivity index (χ1) is 9.36. The van der Waals surface area contributed by atoms with Crippen molar-refractivity contribution < 1.29 is 4.74 Å². The summed E-state index contributed by atoms with van der Waals surface area (Å²) in [6, 6.07) is 10.8. The molecule has 2 aromatic rings. The highest BCUT2D eigenvalue weighted by Gasteiger charge is 2.11. The van der Waals surface area contributed by atoms with E-state index in [9.17, 15) is 0 Å². The van der Waals surface area contributed by atoms with E-state index in [0.29, 0.717) is 6.54 Å². The van der Waals surface area contributed by atoms with E-state index < -0.39 is 0 Å². The maximum Gasteiger partial charge on any atom is 0.122 e. The molecular formula is C16H20N2O. The third kappa shape index (κ3) is 2.66. The van der Waals surface area contributed by atoms with Crippen molar-refractivity contribution in [3.63, 3.8) is 0 Å². The fraction of sp³-hybridized carbons (Fsp3) is 0.375. The van der Waals surface area contributed by atoms with Crippen LogP contribution in [0.4, 0.5) is 0 Å². The van der Waals surface area contributed by atoms with E-state index in [0.717, 1.165) is 38.2 Å². The molecular weight excluding hydrogens is 236 g/mol. The van der Waals surface area contributed by atoms with Gasteiger partial charge < -0.3 is 15.0 Å². The predicted octanol–water partition coefficient (Wildman–Crippen LogP) is 2.17. The number of ether oxygens (including phenoxy) is 1. The molecule has 1 aromatic heterocycles. The van der Waals surface area contributed by atoms with Crippen molar-refractivity contribution in [2.75, 3.05) is 13.2 Å². The molecule has 19 heavy (non-hydrogen) atoms. The van der Waals surface area contributed by atoms with E-state index in [4.69, 9.17) is 10.5 Å². The monoisotopic (exact) mass is 256 g/mol. The molecule has 100 valence electrons.